The average molecular weight is 351 g/mol. The van der Waals surface area contributed by atoms with Crippen molar-refractivity contribution in [1.82, 2.24) is 25.2 Å². The highest BCUT2D eigenvalue weighted by molar-refractivity contribution is 5.57. The molecule has 6 nitrogen and oxygen atoms in total. The van der Waals surface area contributed by atoms with Crippen molar-refractivity contribution in [2.45, 2.75) is 52.0 Å². The molecule has 26 heavy (non-hydrogen) atoms. The summed E-state index contributed by atoms with van der Waals surface area (Å²) in [5, 5.41) is 12.2. The molecule has 1 unspecified atom stereocenters. The summed E-state index contributed by atoms with van der Waals surface area (Å²) in [6.45, 7) is 4.20. The lowest BCUT2D eigenvalue weighted by Gasteiger charge is -2.14. The predicted octanol–water partition coefficient (Wildman–Crippen LogP) is 3.26. The second-order valence-electron chi connectivity index (χ2n) is 7.14. The van der Waals surface area contributed by atoms with Gasteiger partial charge in [-0.05, 0) is 58.7 Å². The number of hydrogen-bond donors (Lipinski definition) is 1. The van der Waals surface area contributed by atoms with Crippen molar-refractivity contribution < 1.29 is 4.52 Å². The molecular weight excluding hydrogens is 326 g/mol. The normalized spacial score (nSPS) is 15.0. The van der Waals surface area contributed by atoms with E-state index in [-0.39, 0.29) is 0 Å². The molecule has 1 aromatic carbocycles. The lowest BCUT2D eigenvalue weighted by Crippen LogP contribution is -2.24. The molecule has 4 rings (SSSR count). The Morgan fingerprint density at radius 3 is 2.73 bits per heavy atom. The van der Waals surface area contributed by atoms with E-state index in [2.05, 4.69) is 58.3 Å². The summed E-state index contributed by atoms with van der Waals surface area (Å²) in [6.07, 6.45) is 5.16. The van der Waals surface area contributed by atoms with Gasteiger partial charge in [0.25, 0.3) is 5.89 Å². The van der Waals surface area contributed by atoms with Crippen LogP contribution < -0.4 is 5.32 Å². The number of rotatable bonds is 5. The zero-order valence-electron chi connectivity index (χ0n) is 15.6. The topological polar surface area (TPSA) is 68.8 Å². The molecule has 2 aromatic heterocycles. The maximum Gasteiger partial charge on any atom is 0.278 e. The van der Waals surface area contributed by atoms with Gasteiger partial charge in [-0.15, -0.1) is 0 Å². The number of fused-ring (bicyclic) bond motifs is 1. The van der Waals surface area contributed by atoms with Crippen LogP contribution in [0.5, 0.6) is 0 Å². The minimum Gasteiger partial charge on any atom is -0.332 e. The van der Waals surface area contributed by atoms with Crippen LogP contribution in [-0.2, 0) is 19.3 Å². The van der Waals surface area contributed by atoms with Crippen molar-refractivity contribution in [2.75, 3.05) is 7.05 Å². The molecule has 0 fully saturated rings. The Bertz CT molecular complexity index is 894. The van der Waals surface area contributed by atoms with E-state index in [9.17, 15) is 0 Å². The molecule has 1 aliphatic rings. The van der Waals surface area contributed by atoms with Crippen molar-refractivity contribution in [3.05, 3.63) is 46.9 Å². The van der Waals surface area contributed by atoms with E-state index in [4.69, 9.17) is 9.62 Å². The van der Waals surface area contributed by atoms with Crippen LogP contribution in [0.1, 0.15) is 42.4 Å². The monoisotopic (exact) mass is 351 g/mol. The quantitative estimate of drug-likeness (QED) is 0.764. The number of aryl methyl sites for hydroxylation is 1. The van der Waals surface area contributed by atoms with Gasteiger partial charge in [0.15, 0.2) is 11.5 Å². The number of aromatic nitrogens is 4. The second-order valence-corrected chi connectivity index (χ2v) is 7.14. The van der Waals surface area contributed by atoms with Gasteiger partial charge in [-0.25, -0.2) is 4.68 Å². The zero-order valence-corrected chi connectivity index (χ0v) is 15.6. The third kappa shape index (κ3) is 3.17. The molecule has 0 saturated heterocycles. The Labute approximate surface area is 153 Å². The van der Waals surface area contributed by atoms with E-state index in [0.717, 1.165) is 36.5 Å². The molecule has 1 atom stereocenters. The van der Waals surface area contributed by atoms with Gasteiger partial charge in [-0.1, -0.05) is 22.9 Å². The van der Waals surface area contributed by atoms with Gasteiger partial charge in [0, 0.05) is 23.7 Å². The first-order valence-electron chi connectivity index (χ1n) is 9.33. The van der Waals surface area contributed by atoms with E-state index in [1.54, 1.807) is 0 Å². The Balaban J connectivity index is 1.74. The summed E-state index contributed by atoms with van der Waals surface area (Å²) >= 11 is 0. The van der Waals surface area contributed by atoms with Crippen molar-refractivity contribution in [3.8, 4) is 17.3 Å². The van der Waals surface area contributed by atoms with Crippen molar-refractivity contribution in [2.24, 2.45) is 0 Å². The van der Waals surface area contributed by atoms with Crippen LogP contribution in [0.3, 0.4) is 0 Å². The molecular formula is C20H25N5O. The van der Waals surface area contributed by atoms with E-state index in [0.29, 0.717) is 11.9 Å². The third-order valence-electron chi connectivity index (χ3n) is 5.11. The molecule has 1 N–H and O–H groups in total. The van der Waals surface area contributed by atoms with Crippen LogP contribution in [0, 0.1) is 6.92 Å². The standard InChI is InChI=1S/C20H25N5O/c1-13-8-10-15(11-9-13)25-17-7-5-4-6-16(17)19(23-25)20-22-18(24-26-20)12-14(2)21-3/h8-11,14,21H,4-7,12H2,1-3H3. The number of likely N-dealkylation sites (N-methyl/N-ethyl adjacent to an activating group) is 1. The first kappa shape index (κ1) is 17.0. The molecule has 3 aromatic rings. The van der Waals surface area contributed by atoms with Crippen LogP contribution >= 0.6 is 0 Å². The lowest BCUT2D eigenvalue weighted by molar-refractivity contribution is 0.416. The Kier molecular flexibility index (Phi) is 4.59. The fourth-order valence-electron chi connectivity index (χ4n) is 3.48. The van der Waals surface area contributed by atoms with Crippen LogP contribution in [0.2, 0.25) is 0 Å². The molecule has 0 bridgehead atoms. The first-order chi connectivity index (χ1) is 12.7. The summed E-state index contributed by atoms with van der Waals surface area (Å²) in [5.41, 5.74) is 5.71. The van der Waals surface area contributed by atoms with Gasteiger partial charge in [0.1, 0.15) is 0 Å². The summed E-state index contributed by atoms with van der Waals surface area (Å²) in [6, 6.07) is 8.79. The summed E-state index contributed by atoms with van der Waals surface area (Å²) in [5.74, 6) is 1.25. The van der Waals surface area contributed by atoms with Crippen molar-refractivity contribution >= 4 is 0 Å². The van der Waals surface area contributed by atoms with Gasteiger partial charge in [0.05, 0.1) is 5.69 Å². The fraction of sp³-hybridized carbons (Fsp3) is 0.450. The summed E-state index contributed by atoms with van der Waals surface area (Å²) in [7, 11) is 1.94. The number of hydrogen-bond acceptors (Lipinski definition) is 5. The highest BCUT2D eigenvalue weighted by Gasteiger charge is 2.26. The Morgan fingerprint density at radius 1 is 1.19 bits per heavy atom. The Hall–Kier alpha value is -2.47. The predicted molar refractivity (Wildman–Crippen MR) is 100 cm³/mol. The molecule has 0 spiro atoms. The van der Waals surface area contributed by atoms with Gasteiger partial charge >= 0.3 is 0 Å². The van der Waals surface area contributed by atoms with Gasteiger partial charge in [0.2, 0.25) is 0 Å². The minimum atomic E-state index is 0.305. The summed E-state index contributed by atoms with van der Waals surface area (Å²) in [4.78, 5) is 4.60. The molecule has 0 saturated carbocycles. The molecule has 6 heteroatoms. The molecule has 0 radical (unpaired) electrons. The van der Waals surface area contributed by atoms with Crippen LogP contribution in [0.15, 0.2) is 28.8 Å². The van der Waals surface area contributed by atoms with E-state index < -0.39 is 0 Å². The van der Waals surface area contributed by atoms with Gasteiger partial charge in [-0.3, -0.25) is 0 Å². The number of benzene rings is 1. The van der Waals surface area contributed by atoms with E-state index in [1.807, 2.05) is 7.05 Å². The average Bonchev–Trinajstić information content (AvgIpc) is 3.27. The molecule has 0 aliphatic heterocycles. The van der Waals surface area contributed by atoms with E-state index >= 15 is 0 Å². The lowest BCUT2D eigenvalue weighted by atomic mass is 9.95. The molecule has 1 aliphatic carbocycles. The molecule has 2 heterocycles. The number of nitrogens with zero attached hydrogens (tertiary/aromatic N) is 4. The number of nitrogens with one attached hydrogen (secondary N) is 1. The maximum absolute atomic E-state index is 5.57. The van der Waals surface area contributed by atoms with Crippen molar-refractivity contribution in [3.63, 3.8) is 0 Å². The summed E-state index contributed by atoms with van der Waals surface area (Å²) < 4.78 is 7.62. The van der Waals surface area contributed by atoms with Gasteiger partial charge in [-0.2, -0.15) is 10.1 Å². The van der Waals surface area contributed by atoms with Crippen LogP contribution in [-0.4, -0.2) is 33.0 Å². The minimum absolute atomic E-state index is 0.305. The highest BCUT2D eigenvalue weighted by atomic mass is 16.5. The van der Waals surface area contributed by atoms with Crippen LogP contribution in [0.25, 0.3) is 17.3 Å². The maximum atomic E-state index is 5.57. The smallest absolute Gasteiger partial charge is 0.278 e. The highest BCUT2D eigenvalue weighted by Crippen LogP contribution is 2.32. The fourth-order valence-corrected chi connectivity index (χ4v) is 3.48. The first-order valence-corrected chi connectivity index (χ1v) is 9.33. The zero-order chi connectivity index (χ0) is 18.1. The van der Waals surface area contributed by atoms with Gasteiger partial charge < -0.3 is 9.84 Å². The molecule has 0 amide bonds. The largest absolute Gasteiger partial charge is 0.332 e. The SMILES string of the molecule is CNC(C)Cc1noc(-c2nn(-c3ccc(C)cc3)c3c2CCCC3)n1. The van der Waals surface area contributed by atoms with E-state index in [1.165, 1.54) is 29.7 Å². The Morgan fingerprint density at radius 2 is 1.96 bits per heavy atom. The van der Waals surface area contributed by atoms with Crippen LogP contribution in [0.4, 0.5) is 0 Å². The molecule has 136 valence electrons. The third-order valence-corrected chi connectivity index (χ3v) is 5.11. The second kappa shape index (κ2) is 7.03. The van der Waals surface area contributed by atoms with Crippen molar-refractivity contribution in [1.29, 1.82) is 0 Å².